The fourth-order valence-corrected chi connectivity index (χ4v) is 1.21. The van der Waals surface area contributed by atoms with Crippen LogP contribution in [0.25, 0.3) is 0 Å². The van der Waals surface area contributed by atoms with Crippen LogP contribution in [-0.2, 0) is 19.1 Å². The smallest absolute Gasteiger partial charge is 0.356 e. The standard InChI is InChI=1S/C8H5F8N/c1-17-2-4(5(3-17)7(11,12)13)6(9,10)8(14,15)16/h2-3H,1H3. The Hall–Kier alpha value is -1.28. The predicted molar refractivity (Wildman–Crippen MR) is 40.4 cm³/mol. The number of alkyl halides is 8. The Balaban J connectivity index is 3.42. The summed E-state index contributed by atoms with van der Waals surface area (Å²) in [7, 11) is 0.922. The van der Waals surface area contributed by atoms with Crippen LogP contribution in [0.4, 0.5) is 35.1 Å². The molecule has 0 saturated carbocycles. The molecule has 0 fully saturated rings. The van der Waals surface area contributed by atoms with E-state index in [9.17, 15) is 35.1 Å². The molecule has 0 N–H and O–H groups in total. The first-order valence-electron chi connectivity index (χ1n) is 4.05. The van der Waals surface area contributed by atoms with Gasteiger partial charge in [0.15, 0.2) is 0 Å². The van der Waals surface area contributed by atoms with Crippen LogP contribution >= 0.6 is 0 Å². The Morgan fingerprint density at radius 1 is 0.824 bits per heavy atom. The van der Waals surface area contributed by atoms with E-state index >= 15 is 0 Å². The van der Waals surface area contributed by atoms with Gasteiger partial charge in [-0.3, -0.25) is 0 Å². The molecule has 9 heteroatoms. The molecule has 0 amide bonds. The molecule has 0 spiro atoms. The molecular formula is C8H5F8N. The maximum Gasteiger partial charge on any atom is 0.458 e. The van der Waals surface area contributed by atoms with Crippen LogP contribution in [0.15, 0.2) is 12.4 Å². The van der Waals surface area contributed by atoms with Gasteiger partial charge in [-0.1, -0.05) is 0 Å². The molecule has 0 aliphatic rings. The quantitative estimate of drug-likeness (QED) is 0.684. The fraction of sp³-hybridized carbons (Fsp3) is 0.500. The lowest BCUT2D eigenvalue weighted by molar-refractivity contribution is -0.290. The zero-order valence-corrected chi connectivity index (χ0v) is 8.13. The molecule has 0 atom stereocenters. The minimum absolute atomic E-state index is 0.107. The molecule has 0 unspecified atom stereocenters. The van der Waals surface area contributed by atoms with E-state index in [1.165, 1.54) is 0 Å². The number of rotatable bonds is 1. The number of aromatic nitrogens is 1. The van der Waals surface area contributed by atoms with Gasteiger partial charge >= 0.3 is 18.3 Å². The summed E-state index contributed by atoms with van der Waals surface area (Å²) in [6, 6.07) is 0. The monoisotopic (exact) mass is 267 g/mol. The first-order chi connectivity index (χ1) is 7.37. The van der Waals surface area contributed by atoms with Crippen molar-refractivity contribution in [1.29, 1.82) is 0 Å². The largest absolute Gasteiger partial charge is 0.458 e. The van der Waals surface area contributed by atoms with Crippen LogP contribution in [0.2, 0.25) is 0 Å². The van der Waals surface area contributed by atoms with Gasteiger partial charge in [0.2, 0.25) is 0 Å². The zero-order valence-electron chi connectivity index (χ0n) is 8.13. The fourth-order valence-electron chi connectivity index (χ4n) is 1.21. The van der Waals surface area contributed by atoms with Crippen LogP contribution in [0.3, 0.4) is 0 Å². The third kappa shape index (κ3) is 2.37. The van der Waals surface area contributed by atoms with Crippen LogP contribution in [0, 0.1) is 0 Å². The van der Waals surface area contributed by atoms with E-state index in [4.69, 9.17) is 0 Å². The van der Waals surface area contributed by atoms with Crippen molar-refractivity contribution in [3.8, 4) is 0 Å². The lowest BCUT2D eigenvalue weighted by atomic mass is 10.1. The first-order valence-corrected chi connectivity index (χ1v) is 4.05. The Labute approximate surface area is 89.6 Å². The van der Waals surface area contributed by atoms with Crippen LogP contribution in [0.1, 0.15) is 11.1 Å². The van der Waals surface area contributed by atoms with Gasteiger partial charge in [0, 0.05) is 19.4 Å². The van der Waals surface area contributed by atoms with Crippen molar-refractivity contribution in [3.63, 3.8) is 0 Å². The van der Waals surface area contributed by atoms with Gasteiger partial charge < -0.3 is 4.57 Å². The average Bonchev–Trinajstić information content (AvgIpc) is 2.44. The topological polar surface area (TPSA) is 4.93 Å². The molecule has 0 saturated heterocycles. The SMILES string of the molecule is Cn1cc(C(F)(F)F)c(C(F)(F)C(F)(F)F)c1. The molecule has 0 aliphatic heterocycles. The number of halogens is 8. The van der Waals surface area contributed by atoms with Crippen LogP contribution in [-0.4, -0.2) is 10.7 Å². The minimum atomic E-state index is -6.08. The third-order valence-corrected chi connectivity index (χ3v) is 1.96. The minimum Gasteiger partial charge on any atom is -0.356 e. The molecule has 1 aromatic rings. The van der Waals surface area contributed by atoms with Gasteiger partial charge in [0.1, 0.15) is 0 Å². The van der Waals surface area contributed by atoms with Gasteiger partial charge in [0.05, 0.1) is 11.1 Å². The highest BCUT2D eigenvalue weighted by atomic mass is 19.4. The van der Waals surface area contributed by atoms with Gasteiger partial charge in [-0.05, 0) is 0 Å². The summed E-state index contributed by atoms with van der Waals surface area (Å²) >= 11 is 0. The van der Waals surface area contributed by atoms with E-state index in [-0.39, 0.29) is 12.4 Å². The number of nitrogens with zero attached hydrogens (tertiary/aromatic N) is 1. The molecule has 0 radical (unpaired) electrons. The van der Waals surface area contributed by atoms with E-state index in [1.807, 2.05) is 0 Å². The van der Waals surface area contributed by atoms with Crippen molar-refractivity contribution in [2.75, 3.05) is 0 Å². The summed E-state index contributed by atoms with van der Waals surface area (Å²) < 4.78 is 98.9. The number of hydrogen-bond acceptors (Lipinski definition) is 0. The molecule has 0 aromatic carbocycles. The highest BCUT2D eigenvalue weighted by Crippen LogP contribution is 2.48. The van der Waals surface area contributed by atoms with E-state index in [0.29, 0.717) is 4.57 Å². The summed E-state index contributed by atoms with van der Waals surface area (Å²) in [6.07, 6.45) is -11.1. The molecule has 98 valence electrons. The van der Waals surface area contributed by atoms with E-state index in [0.717, 1.165) is 7.05 Å². The summed E-state index contributed by atoms with van der Waals surface area (Å²) in [5, 5.41) is 0. The highest BCUT2D eigenvalue weighted by Gasteiger charge is 2.61. The average molecular weight is 267 g/mol. The molecule has 0 aliphatic carbocycles. The Morgan fingerprint density at radius 3 is 1.59 bits per heavy atom. The van der Waals surface area contributed by atoms with Crippen LogP contribution in [0.5, 0.6) is 0 Å². The van der Waals surface area contributed by atoms with E-state index in [1.54, 1.807) is 0 Å². The first kappa shape index (κ1) is 13.8. The number of aryl methyl sites for hydroxylation is 1. The van der Waals surface area contributed by atoms with Crippen LogP contribution < -0.4 is 0 Å². The van der Waals surface area contributed by atoms with Crippen molar-refractivity contribution < 1.29 is 35.1 Å². The highest BCUT2D eigenvalue weighted by molar-refractivity contribution is 5.32. The summed E-state index contributed by atoms with van der Waals surface area (Å²) in [4.78, 5) is 0. The Morgan fingerprint density at radius 2 is 1.24 bits per heavy atom. The third-order valence-electron chi connectivity index (χ3n) is 1.96. The van der Waals surface area contributed by atoms with Crippen molar-refractivity contribution in [2.45, 2.75) is 18.3 Å². The zero-order chi connectivity index (χ0) is 13.6. The van der Waals surface area contributed by atoms with Gasteiger partial charge in [-0.2, -0.15) is 35.1 Å². The second-order valence-corrected chi connectivity index (χ2v) is 3.32. The maximum atomic E-state index is 12.8. The predicted octanol–water partition coefficient (Wildman–Crippen LogP) is 3.70. The summed E-state index contributed by atoms with van der Waals surface area (Å²) in [5.74, 6) is -5.54. The van der Waals surface area contributed by atoms with E-state index in [2.05, 4.69) is 0 Å². The molecule has 1 nitrogen and oxygen atoms in total. The summed E-state index contributed by atoms with van der Waals surface area (Å²) in [6.45, 7) is 0. The second-order valence-electron chi connectivity index (χ2n) is 3.32. The van der Waals surface area contributed by atoms with Crippen molar-refractivity contribution in [3.05, 3.63) is 23.5 Å². The van der Waals surface area contributed by atoms with Crippen molar-refractivity contribution in [1.82, 2.24) is 4.57 Å². The van der Waals surface area contributed by atoms with Gasteiger partial charge in [-0.15, -0.1) is 0 Å². The Bertz CT molecular complexity index is 410. The van der Waals surface area contributed by atoms with Gasteiger partial charge in [0.25, 0.3) is 0 Å². The molecule has 1 aromatic heterocycles. The van der Waals surface area contributed by atoms with E-state index < -0.39 is 29.4 Å². The Kier molecular flexibility index (Phi) is 2.92. The molecular weight excluding hydrogens is 262 g/mol. The lowest BCUT2D eigenvalue weighted by Crippen LogP contribution is -2.35. The molecule has 17 heavy (non-hydrogen) atoms. The second kappa shape index (κ2) is 3.61. The summed E-state index contributed by atoms with van der Waals surface area (Å²) in [5.41, 5.74) is -4.10. The normalized spacial score (nSPS) is 14.2. The molecule has 1 heterocycles. The molecule has 0 bridgehead atoms. The molecule has 1 rings (SSSR count). The lowest BCUT2D eigenvalue weighted by Gasteiger charge is -2.20. The number of hydrogen-bond donors (Lipinski definition) is 0. The van der Waals surface area contributed by atoms with Gasteiger partial charge in [-0.25, -0.2) is 0 Å². The maximum absolute atomic E-state index is 12.8. The van der Waals surface area contributed by atoms with Crippen molar-refractivity contribution in [2.24, 2.45) is 7.05 Å². The van der Waals surface area contributed by atoms with Crippen molar-refractivity contribution >= 4 is 0 Å².